The van der Waals surface area contributed by atoms with E-state index in [4.69, 9.17) is 9.29 Å². The predicted molar refractivity (Wildman–Crippen MR) is 58.9 cm³/mol. The monoisotopic (exact) mass is 242 g/mol. The van der Waals surface area contributed by atoms with Crippen molar-refractivity contribution in [2.75, 3.05) is 6.61 Å². The Morgan fingerprint density at radius 1 is 1.38 bits per heavy atom. The van der Waals surface area contributed by atoms with Gasteiger partial charge in [0.05, 0.1) is 17.1 Å². The van der Waals surface area contributed by atoms with E-state index in [-0.39, 0.29) is 10.5 Å². The average Bonchev–Trinajstić information content (AvgIpc) is 2.94. The highest BCUT2D eigenvalue weighted by Crippen LogP contribution is 2.31. The van der Waals surface area contributed by atoms with Gasteiger partial charge >= 0.3 is 0 Å². The maximum Gasteiger partial charge on any atom is 0.294 e. The van der Waals surface area contributed by atoms with Crippen LogP contribution in [-0.4, -0.2) is 25.2 Å². The number of hydrogen-bond donors (Lipinski definition) is 1. The third-order valence-electron chi connectivity index (χ3n) is 2.80. The van der Waals surface area contributed by atoms with Crippen molar-refractivity contribution in [2.24, 2.45) is 0 Å². The zero-order chi connectivity index (χ0) is 11.8. The van der Waals surface area contributed by atoms with E-state index in [2.05, 4.69) is 6.92 Å². The van der Waals surface area contributed by atoms with Crippen LogP contribution < -0.4 is 0 Å². The average molecular weight is 242 g/mol. The summed E-state index contributed by atoms with van der Waals surface area (Å²) in [4.78, 5) is -0.0647. The molecule has 1 fully saturated rings. The quantitative estimate of drug-likeness (QED) is 0.644. The summed E-state index contributed by atoms with van der Waals surface area (Å²) in [6.07, 6.45) is 1.78. The number of aryl methyl sites for hydroxylation is 1. The van der Waals surface area contributed by atoms with E-state index < -0.39 is 10.1 Å². The van der Waals surface area contributed by atoms with Gasteiger partial charge in [-0.2, -0.15) is 8.42 Å². The van der Waals surface area contributed by atoms with Gasteiger partial charge in [-0.1, -0.05) is 12.1 Å². The molecule has 1 atom stereocenters. The zero-order valence-corrected chi connectivity index (χ0v) is 9.83. The van der Waals surface area contributed by atoms with Crippen molar-refractivity contribution in [3.8, 4) is 0 Å². The van der Waals surface area contributed by atoms with Crippen LogP contribution in [0.3, 0.4) is 0 Å². The topological polar surface area (TPSA) is 66.9 Å². The van der Waals surface area contributed by atoms with Crippen molar-refractivity contribution in [3.63, 3.8) is 0 Å². The van der Waals surface area contributed by atoms with Crippen LogP contribution in [0.5, 0.6) is 0 Å². The second-order valence-corrected chi connectivity index (χ2v) is 5.78. The molecule has 4 nitrogen and oxygen atoms in total. The number of rotatable bonds is 4. The minimum Gasteiger partial charge on any atom is -0.370 e. The summed E-state index contributed by atoms with van der Waals surface area (Å²) in [5.41, 5.74) is 1.06. The molecule has 16 heavy (non-hydrogen) atoms. The minimum absolute atomic E-state index is 0.0156. The fourth-order valence-corrected chi connectivity index (χ4v) is 1.98. The Balaban J connectivity index is 2.02. The Morgan fingerprint density at radius 3 is 2.38 bits per heavy atom. The van der Waals surface area contributed by atoms with Crippen LogP contribution in [0, 0.1) is 0 Å². The number of epoxide rings is 1. The lowest BCUT2D eigenvalue weighted by Gasteiger charge is -2.05. The maximum absolute atomic E-state index is 10.8. The third kappa shape index (κ3) is 2.81. The van der Waals surface area contributed by atoms with Crippen LogP contribution in [0.2, 0.25) is 0 Å². The SMILES string of the molecule is CC1(CCc2ccc(S(=O)(=O)O)cc2)CO1. The van der Waals surface area contributed by atoms with Gasteiger partial charge in [0.15, 0.2) is 0 Å². The highest BCUT2D eigenvalue weighted by Gasteiger charge is 2.38. The van der Waals surface area contributed by atoms with Gasteiger partial charge in [-0.3, -0.25) is 4.55 Å². The van der Waals surface area contributed by atoms with E-state index in [9.17, 15) is 8.42 Å². The van der Waals surface area contributed by atoms with Gasteiger partial charge in [0.1, 0.15) is 0 Å². The van der Waals surface area contributed by atoms with Crippen molar-refractivity contribution in [1.29, 1.82) is 0 Å². The molecule has 0 amide bonds. The Bertz CT molecular complexity index is 471. The smallest absolute Gasteiger partial charge is 0.294 e. The normalized spacial score (nSPS) is 24.4. The molecule has 5 heteroatoms. The highest BCUT2D eigenvalue weighted by atomic mass is 32.2. The minimum atomic E-state index is -4.08. The summed E-state index contributed by atoms with van der Waals surface area (Å²) < 4.78 is 35.7. The molecule has 1 aliphatic heterocycles. The molecule has 1 unspecified atom stereocenters. The Hall–Kier alpha value is -0.910. The molecular formula is C11H14O4S. The van der Waals surface area contributed by atoms with Crippen LogP contribution in [-0.2, 0) is 21.3 Å². The van der Waals surface area contributed by atoms with Gasteiger partial charge < -0.3 is 4.74 Å². The fraction of sp³-hybridized carbons (Fsp3) is 0.455. The van der Waals surface area contributed by atoms with Gasteiger partial charge in [0.25, 0.3) is 10.1 Å². The predicted octanol–water partition coefficient (Wildman–Crippen LogP) is 1.65. The second kappa shape index (κ2) is 3.84. The number of ether oxygens (including phenoxy) is 1. The van der Waals surface area contributed by atoms with E-state index in [1.54, 1.807) is 12.1 Å². The molecule has 0 radical (unpaired) electrons. The first-order valence-electron chi connectivity index (χ1n) is 5.09. The Kier molecular flexibility index (Phi) is 2.77. The summed E-state index contributed by atoms with van der Waals surface area (Å²) in [7, 11) is -4.08. The van der Waals surface area contributed by atoms with Gasteiger partial charge in [-0.05, 0) is 37.5 Å². The van der Waals surface area contributed by atoms with Crippen LogP contribution in [0.15, 0.2) is 29.2 Å². The molecule has 1 aromatic carbocycles. The van der Waals surface area contributed by atoms with Crippen molar-refractivity contribution in [2.45, 2.75) is 30.3 Å². The largest absolute Gasteiger partial charge is 0.370 e. The molecule has 0 aliphatic carbocycles. The van der Waals surface area contributed by atoms with Crippen molar-refractivity contribution >= 4 is 10.1 Å². The Morgan fingerprint density at radius 2 is 1.94 bits per heavy atom. The second-order valence-electron chi connectivity index (χ2n) is 4.36. The first kappa shape index (κ1) is 11.6. The molecule has 0 spiro atoms. The lowest BCUT2D eigenvalue weighted by molar-refractivity contribution is 0.309. The van der Waals surface area contributed by atoms with Crippen molar-refractivity contribution in [3.05, 3.63) is 29.8 Å². The molecule has 0 aromatic heterocycles. The molecule has 88 valence electrons. The first-order chi connectivity index (χ1) is 7.39. The molecule has 1 aromatic rings. The van der Waals surface area contributed by atoms with E-state index in [0.29, 0.717) is 0 Å². The van der Waals surface area contributed by atoms with Gasteiger partial charge in [0.2, 0.25) is 0 Å². The zero-order valence-electron chi connectivity index (χ0n) is 9.01. The molecular weight excluding hydrogens is 228 g/mol. The number of benzene rings is 1. The summed E-state index contributed by atoms with van der Waals surface area (Å²) in [6, 6.07) is 6.27. The molecule has 0 bridgehead atoms. The summed E-state index contributed by atoms with van der Waals surface area (Å²) >= 11 is 0. The van der Waals surface area contributed by atoms with E-state index in [1.165, 1.54) is 12.1 Å². The summed E-state index contributed by atoms with van der Waals surface area (Å²) in [5, 5.41) is 0. The van der Waals surface area contributed by atoms with Crippen LogP contribution >= 0.6 is 0 Å². The van der Waals surface area contributed by atoms with E-state index in [1.807, 2.05) is 0 Å². The summed E-state index contributed by atoms with van der Waals surface area (Å²) in [6.45, 7) is 2.86. The maximum atomic E-state index is 10.8. The lowest BCUT2D eigenvalue weighted by Crippen LogP contribution is -2.05. The molecule has 1 N–H and O–H groups in total. The molecule has 0 saturated carbocycles. The fourth-order valence-electron chi connectivity index (χ4n) is 1.50. The van der Waals surface area contributed by atoms with E-state index >= 15 is 0 Å². The molecule has 1 saturated heterocycles. The van der Waals surface area contributed by atoms with Gasteiger partial charge in [0, 0.05) is 0 Å². The third-order valence-corrected chi connectivity index (χ3v) is 3.67. The van der Waals surface area contributed by atoms with Crippen LogP contribution in [0.25, 0.3) is 0 Å². The highest BCUT2D eigenvalue weighted by molar-refractivity contribution is 7.85. The summed E-state index contributed by atoms with van der Waals surface area (Å²) in [5.74, 6) is 0. The molecule has 1 aliphatic rings. The van der Waals surface area contributed by atoms with Crippen LogP contribution in [0.1, 0.15) is 18.9 Å². The van der Waals surface area contributed by atoms with Crippen molar-refractivity contribution < 1.29 is 17.7 Å². The number of hydrogen-bond acceptors (Lipinski definition) is 3. The van der Waals surface area contributed by atoms with E-state index in [0.717, 1.165) is 25.0 Å². The van der Waals surface area contributed by atoms with Gasteiger partial charge in [-0.25, -0.2) is 0 Å². The van der Waals surface area contributed by atoms with Crippen LogP contribution in [0.4, 0.5) is 0 Å². The van der Waals surface area contributed by atoms with Gasteiger partial charge in [-0.15, -0.1) is 0 Å². The molecule has 2 rings (SSSR count). The Labute approximate surface area is 95.0 Å². The lowest BCUT2D eigenvalue weighted by atomic mass is 10.0. The van der Waals surface area contributed by atoms with Crippen molar-refractivity contribution in [1.82, 2.24) is 0 Å². The first-order valence-corrected chi connectivity index (χ1v) is 6.53. The standard InChI is InChI=1S/C11H14O4S/c1-11(8-15-11)7-6-9-2-4-10(5-3-9)16(12,13)14/h2-5H,6-8H2,1H3,(H,12,13,14). The molecule has 1 heterocycles.